The van der Waals surface area contributed by atoms with Gasteiger partial charge in [0, 0.05) is 10.4 Å². The van der Waals surface area contributed by atoms with E-state index in [4.69, 9.17) is 4.42 Å². The van der Waals surface area contributed by atoms with Crippen molar-refractivity contribution in [2.75, 3.05) is 0 Å². The highest BCUT2D eigenvalue weighted by Crippen LogP contribution is 2.39. The van der Waals surface area contributed by atoms with Crippen molar-refractivity contribution in [1.82, 2.24) is 0 Å². The highest BCUT2D eigenvalue weighted by atomic mass is 79.9. The van der Waals surface area contributed by atoms with Gasteiger partial charge in [0.15, 0.2) is 0 Å². The fraction of sp³-hybridized carbons (Fsp3) is 0.556. The lowest BCUT2D eigenvalue weighted by molar-refractivity contribution is 0.405. The van der Waals surface area contributed by atoms with Crippen LogP contribution in [0.4, 0.5) is 0 Å². The van der Waals surface area contributed by atoms with Gasteiger partial charge >= 0.3 is 0 Å². The number of hydrogen-bond donors (Lipinski definition) is 0. The van der Waals surface area contributed by atoms with E-state index >= 15 is 0 Å². The molecule has 0 aromatic carbocycles. The quantitative estimate of drug-likeness (QED) is 0.652. The molecule has 1 unspecified atom stereocenters. The van der Waals surface area contributed by atoms with Crippen LogP contribution >= 0.6 is 15.9 Å². The van der Waals surface area contributed by atoms with E-state index in [1.54, 1.807) is 12.5 Å². The molecule has 0 aliphatic heterocycles. The number of hydrogen-bond acceptors (Lipinski definition) is 1. The van der Waals surface area contributed by atoms with Crippen molar-refractivity contribution in [3.8, 4) is 0 Å². The lowest BCUT2D eigenvalue weighted by atomic mass is 9.89. The topological polar surface area (TPSA) is 13.1 Å². The molecule has 1 rings (SSSR count). The zero-order valence-corrected chi connectivity index (χ0v) is 8.68. The average Bonchev–Trinajstić information content (AvgIpc) is 2.34. The van der Waals surface area contributed by atoms with Crippen LogP contribution in [0.1, 0.15) is 31.2 Å². The Bertz CT molecular complexity index is 208. The van der Waals surface area contributed by atoms with Gasteiger partial charge in [-0.25, -0.2) is 0 Å². The van der Waals surface area contributed by atoms with Gasteiger partial charge < -0.3 is 4.42 Å². The molecule has 0 fully saturated rings. The van der Waals surface area contributed by atoms with Crippen molar-refractivity contribution in [2.24, 2.45) is 5.41 Å². The Hall–Kier alpha value is -0.240. The van der Waals surface area contributed by atoms with Crippen molar-refractivity contribution in [2.45, 2.75) is 25.6 Å². The summed E-state index contributed by atoms with van der Waals surface area (Å²) in [5.41, 5.74) is 1.45. The van der Waals surface area contributed by atoms with Gasteiger partial charge in [0.25, 0.3) is 0 Å². The second-order valence-electron chi connectivity index (χ2n) is 3.79. The molecule has 0 spiro atoms. The first-order valence-corrected chi connectivity index (χ1v) is 4.59. The molecule has 62 valence electrons. The summed E-state index contributed by atoms with van der Waals surface area (Å²) in [6.45, 7) is 6.58. The summed E-state index contributed by atoms with van der Waals surface area (Å²) in [6, 6.07) is 1.99. The normalized spacial score (nSPS) is 14.9. The molecule has 1 nitrogen and oxygen atoms in total. The van der Waals surface area contributed by atoms with Crippen molar-refractivity contribution < 1.29 is 4.42 Å². The van der Waals surface area contributed by atoms with Gasteiger partial charge in [0.1, 0.15) is 0 Å². The van der Waals surface area contributed by atoms with Gasteiger partial charge in [-0.3, -0.25) is 0 Å². The average molecular weight is 217 g/mol. The molecule has 0 aliphatic rings. The van der Waals surface area contributed by atoms with E-state index in [-0.39, 0.29) is 5.41 Å². The number of furan rings is 1. The smallest absolute Gasteiger partial charge is 0.0946 e. The van der Waals surface area contributed by atoms with Gasteiger partial charge in [-0.1, -0.05) is 36.7 Å². The van der Waals surface area contributed by atoms with E-state index in [0.29, 0.717) is 4.83 Å². The Morgan fingerprint density at radius 1 is 1.45 bits per heavy atom. The maximum absolute atomic E-state index is 5.00. The number of rotatable bonds is 1. The van der Waals surface area contributed by atoms with Crippen molar-refractivity contribution in [1.29, 1.82) is 0 Å². The zero-order valence-electron chi connectivity index (χ0n) is 7.10. The first-order chi connectivity index (χ1) is 5.02. The predicted molar refractivity (Wildman–Crippen MR) is 49.8 cm³/mol. The first kappa shape index (κ1) is 8.85. The highest BCUT2D eigenvalue weighted by Gasteiger charge is 2.23. The summed E-state index contributed by atoms with van der Waals surface area (Å²) in [5, 5.41) is 0. The monoisotopic (exact) mass is 216 g/mol. The van der Waals surface area contributed by atoms with E-state index in [9.17, 15) is 0 Å². The summed E-state index contributed by atoms with van der Waals surface area (Å²) in [7, 11) is 0. The Morgan fingerprint density at radius 2 is 2.09 bits per heavy atom. The van der Waals surface area contributed by atoms with Crippen LogP contribution in [-0.4, -0.2) is 0 Å². The Morgan fingerprint density at radius 3 is 2.45 bits per heavy atom. The van der Waals surface area contributed by atoms with Crippen LogP contribution in [0.5, 0.6) is 0 Å². The van der Waals surface area contributed by atoms with Crippen molar-refractivity contribution in [3.05, 3.63) is 24.2 Å². The number of halogens is 1. The molecule has 0 N–H and O–H groups in total. The van der Waals surface area contributed by atoms with Crippen LogP contribution in [0.15, 0.2) is 23.0 Å². The fourth-order valence-corrected chi connectivity index (χ4v) is 1.18. The van der Waals surface area contributed by atoms with Crippen LogP contribution in [-0.2, 0) is 0 Å². The third-order valence-electron chi connectivity index (χ3n) is 1.60. The van der Waals surface area contributed by atoms with Crippen LogP contribution in [0.2, 0.25) is 0 Å². The van der Waals surface area contributed by atoms with Crippen LogP contribution in [0.3, 0.4) is 0 Å². The molecule has 2 heteroatoms. The molecule has 0 amide bonds. The molecule has 0 radical (unpaired) electrons. The summed E-state index contributed by atoms with van der Waals surface area (Å²) in [6.07, 6.45) is 3.49. The van der Waals surface area contributed by atoms with Gasteiger partial charge in [-0.05, 0) is 11.5 Å². The van der Waals surface area contributed by atoms with E-state index < -0.39 is 0 Å². The minimum atomic E-state index is 0.240. The number of alkyl halides is 1. The highest BCUT2D eigenvalue weighted by molar-refractivity contribution is 9.09. The molecule has 1 aromatic rings. The summed E-state index contributed by atoms with van der Waals surface area (Å²) < 4.78 is 5.00. The van der Waals surface area contributed by atoms with Crippen LogP contribution in [0.25, 0.3) is 0 Å². The Balaban J connectivity index is 2.78. The molecule has 1 atom stereocenters. The van der Waals surface area contributed by atoms with Crippen LogP contribution < -0.4 is 0 Å². The molecule has 0 saturated carbocycles. The van der Waals surface area contributed by atoms with Crippen molar-refractivity contribution >= 4 is 15.9 Å². The Kier molecular flexibility index (Phi) is 2.43. The molecular weight excluding hydrogens is 204 g/mol. The molecular formula is C9H13BrO. The standard InChI is InChI=1S/C9H13BrO/c1-9(2,3)8(10)7-4-5-11-6-7/h4-6,8H,1-3H3. The third kappa shape index (κ3) is 2.09. The van der Waals surface area contributed by atoms with Gasteiger partial charge in [-0.2, -0.15) is 0 Å². The maximum atomic E-state index is 5.00. The second-order valence-corrected chi connectivity index (χ2v) is 4.70. The van der Waals surface area contributed by atoms with E-state index in [0.717, 1.165) is 0 Å². The lowest BCUT2D eigenvalue weighted by Gasteiger charge is -2.24. The molecule has 0 saturated heterocycles. The molecule has 0 bridgehead atoms. The van der Waals surface area contributed by atoms with Gasteiger partial charge in [0.05, 0.1) is 12.5 Å². The van der Waals surface area contributed by atoms with Gasteiger partial charge in [-0.15, -0.1) is 0 Å². The molecule has 0 aliphatic carbocycles. The zero-order chi connectivity index (χ0) is 8.48. The maximum Gasteiger partial charge on any atom is 0.0946 e. The van der Waals surface area contributed by atoms with Crippen molar-refractivity contribution in [3.63, 3.8) is 0 Å². The summed E-state index contributed by atoms with van der Waals surface area (Å²) in [5.74, 6) is 0. The molecule has 1 aromatic heterocycles. The predicted octanol–water partition coefficient (Wildman–Crippen LogP) is 3.76. The molecule has 11 heavy (non-hydrogen) atoms. The first-order valence-electron chi connectivity index (χ1n) is 3.68. The summed E-state index contributed by atoms with van der Waals surface area (Å²) >= 11 is 3.63. The van der Waals surface area contributed by atoms with Gasteiger partial charge in [0.2, 0.25) is 0 Å². The second kappa shape index (κ2) is 3.02. The lowest BCUT2D eigenvalue weighted by Crippen LogP contribution is -2.11. The van der Waals surface area contributed by atoms with E-state index in [1.165, 1.54) is 5.56 Å². The van der Waals surface area contributed by atoms with E-state index in [1.807, 2.05) is 6.07 Å². The minimum Gasteiger partial charge on any atom is -0.472 e. The SMILES string of the molecule is CC(C)(C)C(Br)c1ccoc1. The summed E-state index contributed by atoms with van der Waals surface area (Å²) in [4.78, 5) is 0.369. The minimum absolute atomic E-state index is 0.240. The fourth-order valence-electron chi connectivity index (χ4n) is 0.919. The Labute approximate surface area is 75.9 Å². The van der Waals surface area contributed by atoms with E-state index in [2.05, 4.69) is 36.7 Å². The third-order valence-corrected chi connectivity index (χ3v) is 3.50. The van der Waals surface area contributed by atoms with Crippen LogP contribution in [0, 0.1) is 5.41 Å². The largest absolute Gasteiger partial charge is 0.472 e. The molecule has 1 heterocycles.